The Labute approximate surface area is 120 Å². The van der Waals surface area contributed by atoms with Gasteiger partial charge in [0.15, 0.2) is 0 Å². The van der Waals surface area contributed by atoms with Crippen LogP contribution in [-0.2, 0) is 11.2 Å². The smallest absolute Gasteiger partial charge is 0.0897 e. The maximum absolute atomic E-state index is 5.54. The van der Waals surface area contributed by atoms with Gasteiger partial charge < -0.3 is 9.64 Å². The molecular weight excluding hydrogens is 256 g/mol. The minimum absolute atomic E-state index is 0.564. The Balaban J connectivity index is 1.53. The molecule has 2 aliphatic heterocycles. The summed E-state index contributed by atoms with van der Waals surface area (Å²) in [4.78, 5) is 7.23. The molecule has 3 heterocycles. The van der Waals surface area contributed by atoms with Crippen molar-refractivity contribution >= 4 is 11.3 Å². The van der Waals surface area contributed by atoms with Gasteiger partial charge in [0.1, 0.15) is 0 Å². The highest BCUT2D eigenvalue weighted by molar-refractivity contribution is 7.09. The van der Waals surface area contributed by atoms with Gasteiger partial charge in [0, 0.05) is 38.1 Å². The zero-order valence-electron chi connectivity index (χ0n) is 11.9. The summed E-state index contributed by atoms with van der Waals surface area (Å²) < 4.78 is 5.54. The summed E-state index contributed by atoms with van der Waals surface area (Å²) in [6.07, 6.45) is 6.40. The summed E-state index contributed by atoms with van der Waals surface area (Å²) in [5.41, 5.74) is 1.84. The molecule has 106 valence electrons. The molecule has 0 unspecified atom stereocenters. The van der Waals surface area contributed by atoms with E-state index in [1.807, 2.05) is 0 Å². The van der Waals surface area contributed by atoms with Crippen molar-refractivity contribution < 1.29 is 4.74 Å². The molecule has 4 heteroatoms. The highest BCUT2D eigenvalue weighted by atomic mass is 32.1. The second-order valence-corrected chi connectivity index (χ2v) is 7.16. The lowest BCUT2D eigenvalue weighted by atomic mass is 9.74. The number of piperidine rings is 1. The van der Waals surface area contributed by atoms with Crippen LogP contribution in [0.4, 0.5) is 0 Å². The minimum atomic E-state index is 0.564. The average Bonchev–Trinajstić information content (AvgIpc) is 2.83. The lowest BCUT2D eigenvalue weighted by Gasteiger charge is -2.45. The Bertz CT molecular complexity index is 407. The SMILES string of the molecule is Cc1nc(CCN2CCCC3(CCOCC3)C2)cs1. The van der Waals surface area contributed by atoms with Crippen LogP contribution in [0, 0.1) is 12.3 Å². The molecule has 0 amide bonds. The van der Waals surface area contributed by atoms with Crippen molar-refractivity contribution in [2.45, 2.75) is 39.0 Å². The number of ether oxygens (including phenoxy) is 1. The Morgan fingerprint density at radius 3 is 2.95 bits per heavy atom. The molecular formula is C15H24N2OS. The van der Waals surface area contributed by atoms with Crippen LogP contribution < -0.4 is 0 Å². The van der Waals surface area contributed by atoms with Crippen LogP contribution in [0.15, 0.2) is 5.38 Å². The number of hydrogen-bond acceptors (Lipinski definition) is 4. The van der Waals surface area contributed by atoms with Crippen LogP contribution in [0.1, 0.15) is 36.4 Å². The average molecular weight is 280 g/mol. The van der Waals surface area contributed by atoms with Gasteiger partial charge in [0.25, 0.3) is 0 Å². The Morgan fingerprint density at radius 2 is 2.21 bits per heavy atom. The molecule has 2 fully saturated rings. The van der Waals surface area contributed by atoms with E-state index in [1.54, 1.807) is 11.3 Å². The lowest BCUT2D eigenvalue weighted by Crippen LogP contribution is -2.46. The van der Waals surface area contributed by atoms with Crippen molar-refractivity contribution in [2.24, 2.45) is 5.41 Å². The van der Waals surface area contributed by atoms with E-state index < -0.39 is 0 Å². The van der Waals surface area contributed by atoms with Crippen molar-refractivity contribution in [2.75, 3.05) is 32.8 Å². The van der Waals surface area contributed by atoms with Crippen LogP contribution in [0.5, 0.6) is 0 Å². The van der Waals surface area contributed by atoms with Crippen LogP contribution in [0.3, 0.4) is 0 Å². The molecule has 0 bridgehead atoms. The fourth-order valence-electron chi connectivity index (χ4n) is 3.51. The number of hydrogen-bond donors (Lipinski definition) is 0. The Hall–Kier alpha value is -0.450. The molecule has 1 aromatic heterocycles. The summed E-state index contributed by atoms with van der Waals surface area (Å²) in [7, 11) is 0. The molecule has 3 rings (SSSR count). The Morgan fingerprint density at radius 1 is 1.37 bits per heavy atom. The third-order valence-corrected chi connectivity index (χ3v) is 5.47. The van der Waals surface area contributed by atoms with Crippen LogP contribution in [-0.4, -0.2) is 42.7 Å². The van der Waals surface area contributed by atoms with Crippen molar-refractivity contribution in [3.8, 4) is 0 Å². The minimum Gasteiger partial charge on any atom is -0.381 e. The van der Waals surface area contributed by atoms with Gasteiger partial charge >= 0.3 is 0 Å². The fourth-order valence-corrected chi connectivity index (χ4v) is 4.16. The van der Waals surface area contributed by atoms with E-state index >= 15 is 0 Å². The standard InChI is InChI=1S/C15H24N2OS/c1-13-16-14(11-19-13)3-8-17-7-2-4-15(12-17)5-9-18-10-6-15/h11H,2-10,12H2,1H3. The fraction of sp³-hybridized carbons (Fsp3) is 0.800. The number of rotatable bonds is 3. The monoisotopic (exact) mass is 280 g/mol. The molecule has 0 radical (unpaired) electrons. The van der Waals surface area contributed by atoms with Gasteiger partial charge in [-0.1, -0.05) is 0 Å². The van der Waals surface area contributed by atoms with E-state index in [-0.39, 0.29) is 0 Å². The normalized spacial score (nSPS) is 23.8. The van der Waals surface area contributed by atoms with E-state index in [4.69, 9.17) is 4.74 Å². The highest BCUT2D eigenvalue weighted by Crippen LogP contribution is 2.39. The summed E-state index contributed by atoms with van der Waals surface area (Å²) in [5.74, 6) is 0. The van der Waals surface area contributed by atoms with E-state index in [0.29, 0.717) is 5.41 Å². The molecule has 2 saturated heterocycles. The van der Waals surface area contributed by atoms with Gasteiger partial charge in [-0.25, -0.2) is 4.98 Å². The second kappa shape index (κ2) is 5.90. The molecule has 0 saturated carbocycles. The largest absolute Gasteiger partial charge is 0.381 e. The third kappa shape index (κ3) is 3.36. The lowest BCUT2D eigenvalue weighted by molar-refractivity contribution is -0.0270. The van der Waals surface area contributed by atoms with Crippen molar-refractivity contribution in [3.05, 3.63) is 16.1 Å². The van der Waals surface area contributed by atoms with E-state index in [9.17, 15) is 0 Å². The second-order valence-electron chi connectivity index (χ2n) is 6.10. The topological polar surface area (TPSA) is 25.4 Å². The molecule has 0 atom stereocenters. The summed E-state index contributed by atoms with van der Waals surface area (Å²) >= 11 is 1.77. The van der Waals surface area contributed by atoms with Gasteiger partial charge in [0.2, 0.25) is 0 Å². The zero-order chi connectivity index (χ0) is 13.1. The predicted molar refractivity (Wildman–Crippen MR) is 78.7 cm³/mol. The first kappa shape index (κ1) is 13.5. The van der Waals surface area contributed by atoms with Gasteiger partial charge in [-0.3, -0.25) is 0 Å². The molecule has 19 heavy (non-hydrogen) atoms. The molecule has 0 aliphatic carbocycles. The number of likely N-dealkylation sites (tertiary alicyclic amines) is 1. The number of aromatic nitrogens is 1. The first-order chi connectivity index (χ1) is 9.26. The highest BCUT2D eigenvalue weighted by Gasteiger charge is 2.36. The van der Waals surface area contributed by atoms with Crippen molar-refractivity contribution in [3.63, 3.8) is 0 Å². The van der Waals surface area contributed by atoms with E-state index in [2.05, 4.69) is 22.2 Å². The molecule has 0 N–H and O–H groups in total. The van der Waals surface area contributed by atoms with Crippen molar-refractivity contribution in [1.29, 1.82) is 0 Å². The van der Waals surface area contributed by atoms with E-state index in [0.717, 1.165) is 19.6 Å². The third-order valence-electron chi connectivity index (χ3n) is 4.64. The van der Waals surface area contributed by atoms with Gasteiger partial charge in [-0.05, 0) is 44.6 Å². The van der Waals surface area contributed by atoms with Gasteiger partial charge in [-0.15, -0.1) is 11.3 Å². The van der Waals surface area contributed by atoms with Crippen LogP contribution in [0.25, 0.3) is 0 Å². The predicted octanol–water partition coefficient (Wildman–Crippen LogP) is 2.89. The van der Waals surface area contributed by atoms with E-state index in [1.165, 1.54) is 56.0 Å². The first-order valence-electron chi connectivity index (χ1n) is 7.47. The molecule has 3 nitrogen and oxygen atoms in total. The van der Waals surface area contributed by atoms with Gasteiger partial charge in [0.05, 0.1) is 10.7 Å². The molecule has 0 aromatic carbocycles. The quantitative estimate of drug-likeness (QED) is 0.851. The molecule has 1 aromatic rings. The number of nitrogens with zero attached hydrogens (tertiary/aromatic N) is 2. The maximum atomic E-state index is 5.54. The number of aryl methyl sites for hydroxylation is 1. The van der Waals surface area contributed by atoms with Crippen molar-refractivity contribution in [1.82, 2.24) is 9.88 Å². The zero-order valence-corrected chi connectivity index (χ0v) is 12.7. The number of thiazole rings is 1. The molecule has 1 spiro atoms. The molecule has 2 aliphatic rings. The Kier molecular flexibility index (Phi) is 4.20. The summed E-state index contributed by atoms with van der Waals surface area (Å²) in [6, 6.07) is 0. The van der Waals surface area contributed by atoms with Crippen LogP contribution >= 0.6 is 11.3 Å². The van der Waals surface area contributed by atoms with Crippen LogP contribution in [0.2, 0.25) is 0 Å². The summed E-state index contributed by atoms with van der Waals surface area (Å²) in [5, 5.41) is 3.40. The van der Waals surface area contributed by atoms with Gasteiger partial charge in [-0.2, -0.15) is 0 Å². The maximum Gasteiger partial charge on any atom is 0.0897 e. The first-order valence-corrected chi connectivity index (χ1v) is 8.35. The summed E-state index contributed by atoms with van der Waals surface area (Å²) in [6.45, 7) is 7.75.